The Morgan fingerprint density at radius 3 is 2.50 bits per heavy atom. The predicted molar refractivity (Wildman–Crippen MR) is 90.2 cm³/mol. The van der Waals surface area contributed by atoms with E-state index in [-0.39, 0.29) is 17.9 Å². The number of aromatic nitrogens is 4. The zero-order valence-electron chi connectivity index (χ0n) is 14.7. The van der Waals surface area contributed by atoms with Gasteiger partial charge in [-0.2, -0.15) is 4.52 Å². The molecular weight excluding hydrogens is 308 g/mol. The molecule has 3 rings (SSSR count). The van der Waals surface area contributed by atoms with E-state index in [1.165, 1.54) is 0 Å². The lowest BCUT2D eigenvalue weighted by atomic mass is 9.96. The summed E-state index contributed by atoms with van der Waals surface area (Å²) in [5.74, 6) is 1.76. The molecule has 0 saturated carbocycles. The fourth-order valence-electron chi connectivity index (χ4n) is 2.82. The summed E-state index contributed by atoms with van der Waals surface area (Å²) in [4.78, 5) is 15.9. The number of carbonyl (C=O) groups excluding carboxylic acids is 1. The van der Waals surface area contributed by atoms with E-state index in [1.807, 2.05) is 21.5 Å². The minimum absolute atomic E-state index is 0.0365. The SMILES string of the molecule is COCC(=O)N1CCN(c2ccc3nnc(C(C)(C)C)n3n2)CC1. The molecule has 1 aliphatic heterocycles. The first kappa shape index (κ1) is 16.6. The maximum atomic E-state index is 11.9. The molecule has 1 aliphatic rings. The molecule has 0 bridgehead atoms. The highest BCUT2D eigenvalue weighted by molar-refractivity contribution is 5.77. The van der Waals surface area contributed by atoms with E-state index >= 15 is 0 Å². The summed E-state index contributed by atoms with van der Waals surface area (Å²) in [5, 5.41) is 13.2. The lowest BCUT2D eigenvalue weighted by Crippen LogP contribution is -2.50. The van der Waals surface area contributed by atoms with Crippen LogP contribution in [0.3, 0.4) is 0 Å². The van der Waals surface area contributed by atoms with Crippen LogP contribution >= 0.6 is 0 Å². The van der Waals surface area contributed by atoms with Gasteiger partial charge in [0, 0.05) is 38.7 Å². The number of anilines is 1. The Morgan fingerprint density at radius 2 is 1.88 bits per heavy atom. The second-order valence-electron chi connectivity index (χ2n) is 7.04. The lowest BCUT2D eigenvalue weighted by Gasteiger charge is -2.35. The zero-order valence-corrected chi connectivity index (χ0v) is 14.7. The van der Waals surface area contributed by atoms with Crippen LogP contribution in [0.5, 0.6) is 0 Å². The van der Waals surface area contributed by atoms with Gasteiger partial charge in [0.05, 0.1) is 0 Å². The molecule has 1 amide bonds. The van der Waals surface area contributed by atoms with Gasteiger partial charge in [-0.15, -0.1) is 15.3 Å². The second-order valence-corrected chi connectivity index (χ2v) is 7.04. The number of amides is 1. The van der Waals surface area contributed by atoms with Crippen LogP contribution < -0.4 is 4.90 Å². The third-order valence-corrected chi connectivity index (χ3v) is 4.14. The molecule has 8 nitrogen and oxygen atoms in total. The van der Waals surface area contributed by atoms with Crippen molar-refractivity contribution in [3.05, 3.63) is 18.0 Å². The van der Waals surface area contributed by atoms with Gasteiger partial charge < -0.3 is 14.5 Å². The van der Waals surface area contributed by atoms with Crippen LogP contribution in [0.4, 0.5) is 5.82 Å². The van der Waals surface area contributed by atoms with Crippen LogP contribution in [-0.4, -0.2) is 70.5 Å². The van der Waals surface area contributed by atoms with Crippen molar-refractivity contribution in [3.8, 4) is 0 Å². The minimum atomic E-state index is -0.129. The van der Waals surface area contributed by atoms with Crippen molar-refractivity contribution in [2.75, 3.05) is 44.8 Å². The Bertz CT molecular complexity index is 728. The maximum absolute atomic E-state index is 11.9. The molecule has 0 atom stereocenters. The molecule has 0 spiro atoms. The van der Waals surface area contributed by atoms with E-state index in [1.54, 1.807) is 7.11 Å². The summed E-state index contributed by atoms with van der Waals surface area (Å²) >= 11 is 0. The van der Waals surface area contributed by atoms with Crippen molar-refractivity contribution < 1.29 is 9.53 Å². The number of hydrogen-bond donors (Lipinski definition) is 0. The van der Waals surface area contributed by atoms with Gasteiger partial charge in [0.15, 0.2) is 11.5 Å². The Morgan fingerprint density at radius 1 is 1.17 bits per heavy atom. The van der Waals surface area contributed by atoms with Gasteiger partial charge in [-0.1, -0.05) is 20.8 Å². The third kappa shape index (κ3) is 3.19. The third-order valence-electron chi connectivity index (χ3n) is 4.14. The normalized spacial score (nSPS) is 16.0. The van der Waals surface area contributed by atoms with Crippen LogP contribution in [0.1, 0.15) is 26.6 Å². The van der Waals surface area contributed by atoms with E-state index in [9.17, 15) is 4.79 Å². The van der Waals surface area contributed by atoms with E-state index in [0.29, 0.717) is 13.1 Å². The van der Waals surface area contributed by atoms with E-state index in [4.69, 9.17) is 9.84 Å². The summed E-state index contributed by atoms with van der Waals surface area (Å²) < 4.78 is 6.74. The summed E-state index contributed by atoms with van der Waals surface area (Å²) in [6.07, 6.45) is 0. The average Bonchev–Trinajstić information content (AvgIpc) is 2.98. The Balaban J connectivity index is 1.78. The van der Waals surface area contributed by atoms with Crippen molar-refractivity contribution in [2.45, 2.75) is 26.2 Å². The predicted octanol–water partition coefficient (Wildman–Crippen LogP) is 0.717. The van der Waals surface area contributed by atoms with Gasteiger partial charge in [0.25, 0.3) is 0 Å². The lowest BCUT2D eigenvalue weighted by molar-refractivity contribution is -0.135. The number of methoxy groups -OCH3 is 1. The van der Waals surface area contributed by atoms with Crippen molar-refractivity contribution in [3.63, 3.8) is 0 Å². The molecule has 24 heavy (non-hydrogen) atoms. The smallest absolute Gasteiger partial charge is 0.248 e. The van der Waals surface area contributed by atoms with Crippen LogP contribution in [0.25, 0.3) is 5.65 Å². The standard InChI is InChI=1S/C16H24N6O2/c1-16(2,3)15-18-17-12-5-6-13(19-22(12)15)20-7-9-21(10-8-20)14(23)11-24-4/h5-6H,7-11H2,1-4H3. The Kier molecular flexibility index (Phi) is 4.40. The zero-order chi connectivity index (χ0) is 17.3. The van der Waals surface area contributed by atoms with Gasteiger partial charge >= 0.3 is 0 Å². The van der Waals surface area contributed by atoms with Crippen LogP contribution in [0.2, 0.25) is 0 Å². The van der Waals surface area contributed by atoms with Gasteiger partial charge in [-0.05, 0) is 12.1 Å². The van der Waals surface area contributed by atoms with Crippen molar-refractivity contribution in [1.29, 1.82) is 0 Å². The molecule has 0 unspecified atom stereocenters. The largest absolute Gasteiger partial charge is 0.375 e. The minimum Gasteiger partial charge on any atom is -0.375 e. The second kappa shape index (κ2) is 6.35. The van der Waals surface area contributed by atoms with E-state index in [0.717, 1.165) is 30.4 Å². The quantitative estimate of drug-likeness (QED) is 0.824. The molecule has 1 fully saturated rings. The molecule has 3 heterocycles. The summed E-state index contributed by atoms with van der Waals surface area (Å²) in [7, 11) is 1.54. The average molecular weight is 332 g/mol. The maximum Gasteiger partial charge on any atom is 0.248 e. The molecule has 0 N–H and O–H groups in total. The summed E-state index contributed by atoms with van der Waals surface area (Å²) in [5.41, 5.74) is 0.619. The molecule has 8 heteroatoms. The molecule has 0 aromatic carbocycles. The van der Waals surface area contributed by atoms with Gasteiger partial charge in [-0.25, -0.2) is 0 Å². The highest BCUT2D eigenvalue weighted by Crippen LogP contribution is 2.22. The first-order valence-electron chi connectivity index (χ1n) is 8.15. The van der Waals surface area contributed by atoms with Crippen LogP contribution in [0, 0.1) is 0 Å². The summed E-state index contributed by atoms with van der Waals surface area (Å²) in [6.45, 7) is 9.28. The number of piperazine rings is 1. The Hall–Kier alpha value is -2.22. The topological polar surface area (TPSA) is 75.9 Å². The molecule has 130 valence electrons. The fourth-order valence-corrected chi connectivity index (χ4v) is 2.82. The highest BCUT2D eigenvalue weighted by atomic mass is 16.5. The molecular formula is C16H24N6O2. The van der Waals surface area contributed by atoms with Gasteiger partial charge in [0.1, 0.15) is 12.4 Å². The van der Waals surface area contributed by atoms with E-state index < -0.39 is 0 Å². The number of carbonyl (C=O) groups is 1. The van der Waals surface area contributed by atoms with Crippen molar-refractivity contribution in [1.82, 2.24) is 24.7 Å². The Labute approximate surface area is 141 Å². The number of nitrogens with zero attached hydrogens (tertiary/aromatic N) is 6. The number of hydrogen-bond acceptors (Lipinski definition) is 6. The van der Waals surface area contributed by atoms with Crippen molar-refractivity contribution in [2.24, 2.45) is 0 Å². The highest BCUT2D eigenvalue weighted by Gasteiger charge is 2.24. The first-order chi connectivity index (χ1) is 11.4. The van der Waals surface area contributed by atoms with E-state index in [2.05, 4.69) is 35.9 Å². The number of ether oxygens (including phenoxy) is 1. The first-order valence-corrected chi connectivity index (χ1v) is 8.15. The number of fused-ring (bicyclic) bond motifs is 1. The van der Waals surface area contributed by atoms with Crippen molar-refractivity contribution >= 4 is 17.4 Å². The van der Waals surface area contributed by atoms with Crippen LogP contribution in [-0.2, 0) is 14.9 Å². The molecule has 0 radical (unpaired) electrons. The van der Waals surface area contributed by atoms with Gasteiger partial charge in [-0.3, -0.25) is 4.79 Å². The fraction of sp³-hybridized carbons (Fsp3) is 0.625. The monoisotopic (exact) mass is 332 g/mol. The van der Waals surface area contributed by atoms with Crippen LogP contribution in [0.15, 0.2) is 12.1 Å². The molecule has 2 aromatic rings. The molecule has 2 aromatic heterocycles. The number of rotatable bonds is 3. The molecule has 0 aliphatic carbocycles. The summed E-state index contributed by atoms with van der Waals surface area (Å²) in [6, 6.07) is 3.90. The molecule has 1 saturated heterocycles. The van der Waals surface area contributed by atoms with Gasteiger partial charge in [0.2, 0.25) is 5.91 Å².